The van der Waals surface area contributed by atoms with Crippen molar-refractivity contribution in [2.24, 2.45) is 7.05 Å². The molecule has 0 spiro atoms. The molecule has 0 aromatic carbocycles. The summed E-state index contributed by atoms with van der Waals surface area (Å²) in [6.45, 7) is 0.898. The normalized spacial score (nSPS) is 11.1. The number of hydrogen-bond acceptors (Lipinski definition) is 3. The van der Waals surface area contributed by atoms with E-state index >= 15 is 0 Å². The number of nitrogens with one attached hydrogen (secondary N) is 1. The monoisotopic (exact) mass is 333 g/mol. The first-order chi connectivity index (χ1) is 8.13. The molecule has 0 unspecified atom stereocenters. The topological polar surface area (TPSA) is 29.9 Å². The van der Waals surface area contributed by atoms with E-state index in [1.54, 1.807) is 11.3 Å². The second kappa shape index (κ2) is 5.52. The SMILES string of the molecule is CNCCc1nc(Cl)c(-c2ccc(Br)s2)n1C. The van der Waals surface area contributed by atoms with Crippen molar-refractivity contribution in [1.82, 2.24) is 14.9 Å². The standard InChI is InChI=1S/C11H13BrClN3S/c1-14-6-5-9-15-11(13)10(16(9)2)7-3-4-8(12)17-7/h3-4,14H,5-6H2,1-2H3. The van der Waals surface area contributed by atoms with Gasteiger partial charge in [-0.25, -0.2) is 4.98 Å². The lowest BCUT2D eigenvalue weighted by Crippen LogP contribution is -2.13. The molecule has 0 aliphatic rings. The van der Waals surface area contributed by atoms with Crippen LogP contribution >= 0.6 is 38.9 Å². The van der Waals surface area contributed by atoms with Gasteiger partial charge in [0, 0.05) is 20.0 Å². The third-order valence-corrected chi connectivity index (χ3v) is 4.44. The minimum atomic E-state index is 0.577. The molecule has 0 fully saturated rings. The number of halogens is 2. The van der Waals surface area contributed by atoms with Gasteiger partial charge in [-0.15, -0.1) is 11.3 Å². The van der Waals surface area contributed by atoms with Crippen molar-refractivity contribution in [1.29, 1.82) is 0 Å². The first kappa shape index (κ1) is 13.1. The van der Waals surface area contributed by atoms with E-state index in [1.165, 1.54) is 0 Å². The lowest BCUT2D eigenvalue weighted by Gasteiger charge is -2.04. The van der Waals surface area contributed by atoms with Crippen molar-refractivity contribution < 1.29 is 0 Å². The van der Waals surface area contributed by atoms with Gasteiger partial charge in [-0.2, -0.15) is 0 Å². The molecule has 6 heteroatoms. The maximum Gasteiger partial charge on any atom is 0.156 e. The summed E-state index contributed by atoms with van der Waals surface area (Å²) < 4.78 is 3.17. The minimum Gasteiger partial charge on any atom is -0.329 e. The smallest absolute Gasteiger partial charge is 0.156 e. The molecule has 2 aromatic heterocycles. The summed E-state index contributed by atoms with van der Waals surface area (Å²) in [5.74, 6) is 1.00. The second-order valence-electron chi connectivity index (χ2n) is 3.68. The molecule has 0 saturated heterocycles. The summed E-state index contributed by atoms with van der Waals surface area (Å²) in [5.41, 5.74) is 0.994. The van der Waals surface area contributed by atoms with Crippen LogP contribution in [0.1, 0.15) is 5.82 Å². The van der Waals surface area contributed by atoms with Crippen molar-refractivity contribution in [3.8, 4) is 10.6 Å². The van der Waals surface area contributed by atoms with Gasteiger partial charge in [-0.05, 0) is 35.1 Å². The summed E-state index contributed by atoms with van der Waals surface area (Å²) in [4.78, 5) is 5.55. The van der Waals surface area contributed by atoms with Crippen molar-refractivity contribution in [2.45, 2.75) is 6.42 Å². The average molecular weight is 335 g/mol. The molecule has 92 valence electrons. The maximum absolute atomic E-state index is 6.21. The van der Waals surface area contributed by atoms with Crippen LogP contribution in [-0.4, -0.2) is 23.1 Å². The van der Waals surface area contributed by atoms with Crippen molar-refractivity contribution in [3.63, 3.8) is 0 Å². The van der Waals surface area contributed by atoms with E-state index < -0.39 is 0 Å². The van der Waals surface area contributed by atoms with E-state index in [9.17, 15) is 0 Å². The van der Waals surface area contributed by atoms with E-state index in [-0.39, 0.29) is 0 Å². The Morgan fingerprint density at radius 1 is 1.53 bits per heavy atom. The van der Waals surface area contributed by atoms with E-state index in [0.717, 1.165) is 33.1 Å². The summed E-state index contributed by atoms with van der Waals surface area (Å²) in [5, 5.41) is 3.69. The summed E-state index contributed by atoms with van der Waals surface area (Å²) in [6, 6.07) is 4.08. The van der Waals surface area contributed by atoms with Gasteiger partial charge in [0.2, 0.25) is 0 Å². The maximum atomic E-state index is 6.21. The Morgan fingerprint density at radius 2 is 2.29 bits per heavy atom. The first-order valence-electron chi connectivity index (χ1n) is 5.25. The van der Waals surface area contributed by atoms with Gasteiger partial charge in [-0.3, -0.25) is 0 Å². The van der Waals surface area contributed by atoms with E-state index in [1.807, 2.05) is 20.2 Å². The minimum absolute atomic E-state index is 0.577. The van der Waals surface area contributed by atoms with Crippen LogP contribution in [0.5, 0.6) is 0 Å². The zero-order valence-electron chi connectivity index (χ0n) is 9.63. The molecule has 0 amide bonds. The Bertz CT molecular complexity index is 521. The highest BCUT2D eigenvalue weighted by Gasteiger charge is 2.15. The van der Waals surface area contributed by atoms with Gasteiger partial charge in [0.15, 0.2) is 5.15 Å². The Hall–Kier alpha value is -0.360. The van der Waals surface area contributed by atoms with Crippen LogP contribution in [0.3, 0.4) is 0 Å². The number of aromatic nitrogens is 2. The molecule has 2 aromatic rings. The van der Waals surface area contributed by atoms with E-state index in [4.69, 9.17) is 11.6 Å². The van der Waals surface area contributed by atoms with Crippen LogP contribution in [0, 0.1) is 0 Å². The van der Waals surface area contributed by atoms with Gasteiger partial charge in [0.05, 0.1) is 14.4 Å². The first-order valence-corrected chi connectivity index (χ1v) is 7.23. The molecular formula is C11H13BrClN3S. The molecule has 0 saturated carbocycles. The summed E-state index contributed by atoms with van der Waals surface area (Å²) in [7, 11) is 3.94. The lowest BCUT2D eigenvalue weighted by molar-refractivity contribution is 0.720. The zero-order chi connectivity index (χ0) is 12.4. The van der Waals surface area contributed by atoms with Crippen LogP contribution in [-0.2, 0) is 13.5 Å². The Labute approximate surface area is 118 Å². The predicted molar refractivity (Wildman–Crippen MR) is 76.9 cm³/mol. The molecule has 0 aliphatic heterocycles. The molecule has 0 atom stereocenters. The number of likely N-dealkylation sites (N-methyl/N-ethyl adjacent to an activating group) is 1. The number of thiophene rings is 1. The third kappa shape index (κ3) is 2.73. The van der Waals surface area contributed by atoms with Crippen LogP contribution in [0.15, 0.2) is 15.9 Å². The molecule has 17 heavy (non-hydrogen) atoms. The highest BCUT2D eigenvalue weighted by atomic mass is 79.9. The van der Waals surface area contributed by atoms with Gasteiger partial charge in [0.1, 0.15) is 5.82 Å². The fourth-order valence-electron chi connectivity index (χ4n) is 1.68. The number of hydrogen-bond donors (Lipinski definition) is 1. The fourth-order valence-corrected chi connectivity index (χ4v) is 3.53. The zero-order valence-corrected chi connectivity index (χ0v) is 12.8. The fraction of sp³-hybridized carbons (Fsp3) is 0.364. The van der Waals surface area contributed by atoms with Crippen LogP contribution < -0.4 is 5.32 Å². The number of nitrogens with zero attached hydrogens (tertiary/aromatic N) is 2. The lowest BCUT2D eigenvalue weighted by atomic mass is 10.3. The quantitative estimate of drug-likeness (QED) is 0.929. The van der Waals surface area contributed by atoms with Crippen LogP contribution in [0.4, 0.5) is 0 Å². The van der Waals surface area contributed by atoms with E-state index in [0.29, 0.717) is 5.15 Å². The molecule has 2 heterocycles. The van der Waals surface area contributed by atoms with E-state index in [2.05, 4.69) is 36.9 Å². The van der Waals surface area contributed by atoms with Crippen LogP contribution in [0.2, 0.25) is 5.15 Å². The van der Waals surface area contributed by atoms with Crippen molar-refractivity contribution in [2.75, 3.05) is 13.6 Å². The molecule has 0 radical (unpaired) electrons. The molecule has 0 aliphatic carbocycles. The van der Waals surface area contributed by atoms with Gasteiger partial charge in [-0.1, -0.05) is 11.6 Å². The number of imidazole rings is 1. The average Bonchev–Trinajstić information content (AvgIpc) is 2.81. The van der Waals surface area contributed by atoms with Gasteiger partial charge < -0.3 is 9.88 Å². The Balaban J connectivity index is 2.37. The summed E-state index contributed by atoms with van der Waals surface area (Å²) >= 11 is 11.3. The van der Waals surface area contributed by atoms with Crippen molar-refractivity contribution in [3.05, 3.63) is 26.9 Å². The summed E-state index contributed by atoms with van der Waals surface area (Å²) in [6.07, 6.45) is 0.874. The molecule has 2 rings (SSSR count). The van der Waals surface area contributed by atoms with Gasteiger partial charge in [0.25, 0.3) is 0 Å². The third-order valence-electron chi connectivity index (χ3n) is 2.55. The molecule has 3 nitrogen and oxygen atoms in total. The van der Waals surface area contributed by atoms with Crippen LogP contribution in [0.25, 0.3) is 10.6 Å². The van der Waals surface area contributed by atoms with Gasteiger partial charge >= 0.3 is 0 Å². The molecule has 0 bridgehead atoms. The molecular weight excluding hydrogens is 322 g/mol. The number of rotatable bonds is 4. The largest absolute Gasteiger partial charge is 0.329 e. The van der Waals surface area contributed by atoms with Crippen molar-refractivity contribution >= 4 is 38.9 Å². The Kier molecular flexibility index (Phi) is 4.25. The Morgan fingerprint density at radius 3 is 2.88 bits per heavy atom. The predicted octanol–water partition coefficient (Wildman–Crippen LogP) is 3.33. The molecule has 1 N–H and O–H groups in total. The second-order valence-corrected chi connectivity index (χ2v) is 6.50. The highest BCUT2D eigenvalue weighted by Crippen LogP contribution is 2.35. The highest BCUT2D eigenvalue weighted by molar-refractivity contribution is 9.11.